The second-order valence-electron chi connectivity index (χ2n) is 6.15. The molecule has 1 aromatic carbocycles. The van der Waals surface area contributed by atoms with E-state index in [0.29, 0.717) is 16.8 Å². The van der Waals surface area contributed by atoms with Gasteiger partial charge in [-0.15, -0.1) is 0 Å². The van der Waals surface area contributed by atoms with E-state index in [-0.39, 0.29) is 0 Å². The van der Waals surface area contributed by atoms with Gasteiger partial charge in [0, 0.05) is 40.5 Å². The van der Waals surface area contributed by atoms with Crippen LogP contribution in [0, 0.1) is 0 Å². The lowest BCUT2D eigenvalue weighted by Crippen LogP contribution is -2.31. The van der Waals surface area contributed by atoms with Crippen LogP contribution in [-0.4, -0.2) is 51.0 Å². The lowest BCUT2D eigenvalue weighted by atomic mass is 10.0. The molecular formula is C18H19N3O5. The minimum Gasteiger partial charge on any atom is -0.480 e. The molecule has 2 heterocycles. The number of aromatic nitrogens is 1. The highest BCUT2D eigenvalue weighted by Crippen LogP contribution is 2.32. The van der Waals surface area contributed by atoms with Crippen molar-refractivity contribution in [2.24, 2.45) is 0 Å². The van der Waals surface area contributed by atoms with Gasteiger partial charge in [0.2, 0.25) is 5.91 Å². The Morgan fingerprint density at radius 2 is 1.88 bits per heavy atom. The number of carboxylic acids is 2. The zero-order valence-corrected chi connectivity index (χ0v) is 13.9. The lowest BCUT2D eigenvalue weighted by molar-refractivity contribution is -0.143. The topological polar surface area (TPSA) is 123 Å². The minimum absolute atomic E-state index is 0.485. The SMILES string of the molecule is O=C(O)C=CC(=O)Nc1ccc2c(C(C(=O)O)N3CCCC3)c[nH]c2c1. The van der Waals surface area contributed by atoms with Crippen LogP contribution in [-0.2, 0) is 14.4 Å². The monoisotopic (exact) mass is 357 g/mol. The maximum atomic E-state index is 11.8. The van der Waals surface area contributed by atoms with Crippen molar-refractivity contribution in [3.8, 4) is 0 Å². The third-order valence-corrected chi connectivity index (χ3v) is 4.39. The van der Waals surface area contributed by atoms with Gasteiger partial charge in [-0.25, -0.2) is 4.79 Å². The zero-order chi connectivity index (χ0) is 18.7. The van der Waals surface area contributed by atoms with Gasteiger partial charge < -0.3 is 20.5 Å². The third-order valence-electron chi connectivity index (χ3n) is 4.39. The van der Waals surface area contributed by atoms with Crippen LogP contribution in [0.15, 0.2) is 36.5 Å². The standard InChI is InChI=1S/C18H19N3O5/c22-15(5-6-16(23)24)20-11-3-4-12-13(10-19-14(12)9-11)17(18(25)26)21-7-1-2-8-21/h3-6,9-10,17,19H,1-2,7-8H2,(H,20,22)(H,23,24)(H,25,26). The first-order chi connectivity index (χ1) is 12.5. The number of hydrogen-bond acceptors (Lipinski definition) is 4. The van der Waals surface area contributed by atoms with Gasteiger partial charge >= 0.3 is 11.9 Å². The number of nitrogens with one attached hydrogen (secondary N) is 2. The summed E-state index contributed by atoms with van der Waals surface area (Å²) >= 11 is 0. The predicted molar refractivity (Wildman–Crippen MR) is 94.9 cm³/mol. The molecule has 0 bridgehead atoms. The summed E-state index contributed by atoms with van der Waals surface area (Å²) < 4.78 is 0. The summed E-state index contributed by atoms with van der Waals surface area (Å²) in [4.78, 5) is 38.9. The van der Waals surface area contributed by atoms with Crippen molar-refractivity contribution in [1.82, 2.24) is 9.88 Å². The van der Waals surface area contributed by atoms with Crippen LogP contribution in [0.1, 0.15) is 24.4 Å². The molecule has 0 spiro atoms. The number of carbonyl (C=O) groups is 3. The summed E-state index contributed by atoms with van der Waals surface area (Å²) in [5.74, 6) is -2.64. The first-order valence-corrected chi connectivity index (χ1v) is 8.25. The Kier molecular flexibility index (Phi) is 5.04. The number of anilines is 1. The van der Waals surface area contributed by atoms with Crippen LogP contribution < -0.4 is 5.32 Å². The number of carbonyl (C=O) groups excluding carboxylic acids is 1. The Balaban J connectivity index is 1.85. The maximum Gasteiger partial charge on any atom is 0.328 e. The molecule has 2 aromatic rings. The number of aliphatic carboxylic acids is 2. The van der Waals surface area contributed by atoms with Crippen LogP contribution in [0.2, 0.25) is 0 Å². The molecule has 0 aliphatic carbocycles. The summed E-state index contributed by atoms with van der Waals surface area (Å²) in [6.45, 7) is 1.52. The Morgan fingerprint density at radius 3 is 2.54 bits per heavy atom. The normalized spacial score (nSPS) is 16.2. The highest BCUT2D eigenvalue weighted by Gasteiger charge is 2.31. The first kappa shape index (κ1) is 17.7. The van der Waals surface area contributed by atoms with Gasteiger partial charge in [0.05, 0.1) is 0 Å². The highest BCUT2D eigenvalue weighted by atomic mass is 16.4. The number of hydrogen-bond donors (Lipinski definition) is 4. The first-order valence-electron chi connectivity index (χ1n) is 8.25. The van der Waals surface area contributed by atoms with Crippen molar-refractivity contribution in [2.75, 3.05) is 18.4 Å². The van der Waals surface area contributed by atoms with E-state index in [1.54, 1.807) is 24.4 Å². The summed E-state index contributed by atoms with van der Waals surface area (Å²) in [6.07, 6.45) is 5.37. The van der Waals surface area contributed by atoms with Gasteiger partial charge in [-0.3, -0.25) is 14.5 Å². The maximum absolute atomic E-state index is 11.8. The number of rotatable bonds is 6. The van der Waals surface area contributed by atoms with Gasteiger partial charge in [-0.05, 0) is 38.1 Å². The second kappa shape index (κ2) is 7.40. The average molecular weight is 357 g/mol. The second-order valence-corrected chi connectivity index (χ2v) is 6.15. The molecule has 0 saturated carbocycles. The molecule has 3 rings (SSSR count). The summed E-state index contributed by atoms with van der Waals surface area (Å²) in [6, 6.07) is 4.40. The van der Waals surface area contributed by atoms with Crippen LogP contribution in [0.4, 0.5) is 5.69 Å². The Hall–Kier alpha value is -3.13. The van der Waals surface area contributed by atoms with Crippen LogP contribution in [0.25, 0.3) is 10.9 Å². The van der Waals surface area contributed by atoms with Crippen LogP contribution >= 0.6 is 0 Å². The molecule has 1 amide bonds. The molecule has 8 nitrogen and oxygen atoms in total. The van der Waals surface area contributed by atoms with Crippen LogP contribution in [0.5, 0.6) is 0 Å². The van der Waals surface area contributed by atoms with Crippen molar-refractivity contribution in [1.29, 1.82) is 0 Å². The number of nitrogens with zero attached hydrogens (tertiary/aromatic N) is 1. The van der Waals surface area contributed by atoms with Crippen LogP contribution in [0.3, 0.4) is 0 Å². The Morgan fingerprint density at radius 1 is 1.15 bits per heavy atom. The van der Waals surface area contributed by atoms with Gasteiger partial charge in [0.25, 0.3) is 0 Å². The fourth-order valence-corrected chi connectivity index (χ4v) is 3.27. The van der Waals surface area contributed by atoms with E-state index in [0.717, 1.165) is 43.5 Å². The van der Waals surface area contributed by atoms with Gasteiger partial charge in [0.1, 0.15) is 6.04 Å². The number of benzene rings is 1. The number of H-pyrrole nitrogens is 1. The number of carboxylic acid groups (broad SMARTS) is 2. The molecule has 1 unspecified atom stereocenters. The number of aromatic amines is 1. The molecule has 1 aliphatic heterocycles. The quantitative estimate of drug-likeness (QED) is 0.586. The van der Waals surface area contributed by atoms with Crippen molar-refractivity contribution in [3.63, 3.8) is 0 Å². The predicted octanol–water partition coefficient (Wildman–Crippen LogP) is 1.97. The van der Waals surface area contributed by atoms with E-state index in [1.165, 1.54) is 0 Å². The fraction of sp³-hybridized carbons (Fsp3) is 0.278. The number of amides is 1. The molecule has 0 radical (unpaired) electrons. The fourth-order valence-electron chi connectivity index (χ4n) is 3.27. The number of fused-ring (bicyclic) bond motifs is 1. The molecule has 1 aliphatic rings. The third kappa shape index (κ3) is 3.75. The van der Waals surface area contributed by atoms with Crippen molar-refractivity contribution < 1.29 is 24.6 Å². The molecule has 136 valence electrons. The zero-order valence-electron chi connectivity index (χ0n) is 13.9. The van der Waals surface area contributed by atoms with Crippen molar-refractivity contribution >= 4 is 34.4 Å². The smallest absolute Gasteiger partial charge is 0.328 e. The van der Waals surface area contributed by atoms with Gasteiger partial charge in [-0.2, -0.15) is 0 Å². The van der Waals surface area contributed by atoms with E-state index in [1.807, 2.05) is 4.90 Å². The Labute approximate surface area is 149 Å². The Bertz CT molecular complexity index is 880. The van der Waals surface area contributed by atoms with Gasteiger partial charge in [0.15, 0.2) is 0 Å². The molecule has 4 N–H and O–H groups in total. The molecule has 1 atom stereocenters. The molecule has 1 fully saturated rings. The van der Waals surface area contributed by atoms with Crippen molar-refractivity contribution in [3.05, 3.63) is 42.1 Å². The summed E-state index contributed by atoms with van der Waals surface area (Å²) in [5, 5.41) is 21.6. The largest absolute Gasteiger partial charge is 0.480 e. The summed E-state index contributed by atoms with van der Waals surface area (Å²) in [5.41, 5.74) is 1.88. The lowest BCUT2D eigenvalue weighted by Gasteiger charge is -2.23. The van der Waals surface area contributed by atoms with E-state index in [2.05, 4.69) is 10.3 Å². The van der Waals surface area contributed by atoms with E-state index < -0.39 is 23.9 Å². The van der Waals surface area contributed by atoms with Gasteiger partial charge in [-0.1, -0.05) is 6.07 Å². The van der Waals surface area contributed by atoms with E-state index in [9.17, 15) is 19.5 Å². The van der Waals surface area contributed by atoms with Crippen molar-refractivity contribution in [2.45, 2.75) is 18.9 Å². The highest BCUT2D eigenvalue weighted by molar-refractivity contribution is 6.03. The average Bonchev–Trinajstić information content (AvgIpc) is 3.23. The molecule has 26 heavy (non-hydrogen) atoms. The van der Waals surface area contributed by atoms with E-state index >= 15 is 0 Å². The molecule has 1 saturated heterocycles. The molecule has 8 heteroatoms. The molecular weight excluding hydrogens is 338 g/mol. The summed E-state index contributed by atoms with van der Waals surface area (Å²) in [7, 11) is 0. The molecule has 1 aromatic heterocycles. The number of likely N-dealkylation sites (tertiary alicyclic amines) is 1. The van der Waals surface area contributed by atoms with E-state index in [4.69, 9.17) is 5.11 Å². The minimum atomic E-state index is -1.20.